The van der Waals surface area contributed by atoms with Crippen LogP contribution in [0.2, 0.25) is 0 Å². The fraction of sp³-hybridized carbons (Fsp3) is 0.846. The van der Waals surface area contributed by atoms with Crippen LogP contribution in [0.1, 0.15) is 40.0 Å². The Labute approximate surface area is 105 Å². The van der Waals surface area contributed by atoms with E-state index in [0.29, 0.717) is 25.2 Å². The van der Waals surface area contributed by atoms with Crippen molar-refractivity contribution in [2.75, 3.05) is 33.2 Å². The second-order valence-electron chi connectivity index (χ2n) is 4.30. The van der Waals surface area contributed by atoms with E-state index >= 15 is 0 Å². The average molecular weight is 242 g/mol. The highest BCUT2D eigenvalue weighted by atomic mass is 16.2. The van der Waals surface area contributed by atoms with E-state index in [2.05, 4.69) is 0 Å². The number of hydrogen-bond acceptors (Lipinski definition) is 3. The van der Waals surface area contributed by atoms with E-state index in [-0.39, 0.29) is 5.91 Å². The van der Waals surface area contributed by atoms with Crippen molar-refractivity contribution in [2.24, 2.45) is 0 Å². The molecule has 4 nitrogen and oxygen atoms in total. The monoisotopic (exact) mass is 242 g/mol. The Kier molecular flexibility index (Phi) is 8.68. The number of carbonyl (C=O) groups is 2. The lowest BCUT2D eigenvalue weighted by molar-refractivity contribution is -0.131. The first-order valence-electron chi connectivity index (χ1n) is 6.53. The minimum absolute atomic E-state index is 0.166. The third-order valence-corrected chi connectivity index (χ3v) is 2.91. The predicted octanol–water partition coefficient (Wildman–Crippen LogP) is 1.55. The molecule has 17 heavy (non-hydrogen) atoms. The number of Topliss-reactive ketones (excluding diaryl/α,β-unsaturated/α-hetero) is 1. The molecule has 0 fully saturated rings. The lowest BCUT2D eigenvalue weighted by Gasteiger charge is -2.22. The maximum absolute atomic E-state index is 11.8. The number of rotatable bonds is 9. The Bertz CT molecular complexity index is 238. The van der Waals surface area contributed by atoms with Crippen LogP contribution in [0.4, 0.5) is 0 Å². The van der Waals surface area contributed by atoms with Crippen LogP contribution in [-0.2, 0) is 9.59 Å². The molecular weight excluding hydrogens is 216 g/mol. The largest absolute Gasteiger partial charge is 0.342 e. The van der Waals surface area contributed by atoms with E-state index in [1.165, 1.54) is 0 Å². The standard InChI is InChI=1S/C13H26N2O2/c1-5-12(16)9-8-10-14(4)11-13(17)15(6-2)7-3/h5-11H2,1-4H3. The van der Waals surface area contributed by atoms with Gasteiger partial charge >= 0.3 is 0 Å². The second-order valence-corrected chi connectivity index (χ2v) is 4.30. The normalized spacial score (nSPS) is 10.6. The van der Waals surface area contributed by atoms with E-state index in [9.17, 15) is 9.59 Å². The van der Waals surface area contributed by atoms with Crippen LogP contribution in [0.3, 0.4) is 0 Å². The van der Waals surface area contributed by atoms with Gasteiger partial charge in [-0.1, -0.05) is 6.92 Å². The average Bonchev–Trinajstić information content (AvgIpc) is 2.30. The smallest absolute Gasteiger partial charge is 0.236 e. The van der Waals surface area contributed by atoms with E-state index in [1.54, 1.807) is 0 Å². The molecule has 0 spiro atoms. The molecule has 1 amide bonds. The number of amides is 1. The fourth-order valence-electron chi connectivity index (χ4n) is 1.71. The molecule has 0 atom stereocenters. The molecule has 0 heterocycles. The first-order valence-corrected chi connectivity index (χ1v) is 6.53. The number of likely N-dealkylation sites (N-methyl/N-ethyl adjacent to an activating group) is 2. The molecule has 0 aromatic carbocycles. The summed E-state index contributed by atoms with van der Waals surface area (Å²) in [5.41, 5.74) is 0. The van der Waals surface area contributed by atoms with Gasteiger partial charge in [-0.05, 0) is 33.9 Å². The highest BCUT2D eigenvalue weighted by Gasteiger charge is 2.12. The molecule has 0 rings (SSSR count). The minimum Gasteiger partial charge on any atom is -0.342 e. The van der Waals surface area contributed by atoms with Crippen molar-refractivity contribution in [3.05, 3.63) is 0 Å². The number of hydrogen-bond donors (Lipinski definition) is 0. The zero-order valence-electron chi connectivity index (χ0n) is 11.7. The molecule has 0 aliphatic carbocycles. The van der Waals surface area contributed by atoms with Gasteiger partial charge in [-0.15, -0.1) is 0 Å². The molecule has 4 heteroatoms. The van der Waals surface area contributed by atoms with Gasteiger partial charge in [-0.2, -0.15) is 0 Å². The lowest BCUT2D eigenvalue weighted by atomic mass is 10.2. The molecule has 0 N–H and O–H groups in total. The Balaban J connectivity index is 3.81. The Hall–Kier alpha value is -0.900. The number of ketones is 1. The maximum atomic E-state index is 11.8. The Morgan fingerprint density at radius 2 is 1.65 bits per heavy atom. The van der Waals surface area contributed by atoms with Gasteiger partial charge in [0, 0.05) is 25.9 Å². The van der Waals surface area contributed by atoms with Crippen molar-refractivity contribution < 1.29 is 9.59 Å². The van der Waals surface area contributed by atoms with Crippen LogP contribution in [0, 0.1) is 0 Å². The van der Waals surface area contributed by atoms with E-state index in [1.807, 2.05) is 37.6 Å². The van der Waals surface area contributed by atoms with Gasteiger partial charge in [0.05, 0.1) is 6.54 Å². The third kappa shape index (κ3) is 7.10. The quantitative estimate of drug-likeness (QED) is 0.616. The van der Waals surface area contributed by atoms with E-state index in [4.69, 9.17) is 0 Å². The van der Waals surface area contributed by atoms with Crippen molar-refractivity contribution in [3.8, 4) is 0 Å². The van der Waals surface area contributed by atoms with Crippen LogP contribution in [0.15, 0.2) is 0 Å². The van der Waals surface area contributed by atoms with Crippen molar-refractivity contribution in [2.45, 2.75) is 40.0 Å². The van der Waals surface area contributed by atoms with E-state index < -0.39 is 0 Å². The highest BCUT2D eigenvalue weighted by Crippen LogP contribution is 1.98. The van der Waals surface area contributed by atoms with Crippen molar-refractivity contribution in [1.82, 2.24) is 9.80 Å². The molecule has 0 saturated heterocycles. The SMILES string of the molecule is CCC(=O)CCCN(C)CC(=O)N(CC)CC. The van der Waals surface area contributed by atoms with E-state index in [0.717, 1.165) is 26.1 Å². The van der Waals surface area contributed by atoms with Crippen LogP contribution < -0.4 is 0 Å². The molecule has 0 radical (unpaired) electrons. The summed E-state index contributed by atoms with van der Waals surface area (Å²) in [4.78, 5) is 26.7. The first-order chi connectivity index (χ1) is 8.04. The molecule has 0 unspecified atom stereocenters. The van der Waals surface area contributed by atoms with Crippen LogP contribution >= 0.6 is 0 Å². The summed E-state index contributed by atoms with van der Waals surface area (Å²) in [5.74, 6) is 0.466. The van der Waals surface area contributed by atoms with Crippen LogP contribution in [-0.4, -0.2) is 54.7 Å². The molecule has 0 bridgehead atoms. The summed E-state index contributed by atoms with van der Waals surface area (Å²) >= 11 is 0. The summed E-state index contributed by atoms with van der Waals surface area (Å²) in [7, 11) is 1.93. The van der Waals surface area contributed by atoms with Crippen molar-refractivity contribution in [3.63, 3.8) is 0 Å². The van der Waals surface area contributed by atoms with Crippen LogP contribution in [0.25, 0.3) is 0 Å². The van der Waals surface area contributed by atoms with Gasteiger partial charge in [0.1, 0.15) is 5.78 Å². The second kappa shape index (κ2) is 9.16. The topological polar surface area (TPSA) is 40.6 Å². The molecule has 0 aliphatic heterocycles. The third-order valence-electron chi connectivity index (χ3n) is 2.91. The summed E-state index contributed by atoms with van der Waals surface area (Å²) < 4.78 is 0. The Morgan fingerprint density at radius 3 is 2.12 bits per heavy atom. The summed E-state index contributed by atoms with van der Waals surface area (Å²) in [5, 5.41) is 0. The number of nitrogens with zero attached hydrogens (tertiary/aromatic N) is 2. The summed E-state index contributed by atoms with van der Waals surface area (Å²) in [6.45, 7) is 8.63. The van der Waals surface area contributed by atoms with Gasteiger partial charge in [0.15, 0.2) is 0 Å². The van der Waals surface area contributed by atoms with Crippen molar-refractivity contribution in [1.29, 1.82) is 0 Å². The molecule has 100 valence electrons. The van der Waals surface area contributed by atoms with Gasteiger partial charge in [0.2, 0.25) is 5.91 Å². The maximum Gasteiger partial charge on any atom is 0.236 e. The van der Waals surface area contributed by atoms with Gasteiger partial charge in [0.25, 0.3) is 0 Å². The predicted molar refractivity (Wildman–Crippen MR) is 70.0 cm³/mol. The fourth-order valence-corrected chi connectivity index (χ4v) is 1.71. The Morgan fingerprint density at radius 1 is 1.06 bits per heavy atom. The van der Waals surface area contributed by atoms with Crippen molar-refractivity contribution >= 4 is 11.7 Å². The van der Waals surface area contributed by atoms with Crippen LogP contribution in [0.5, 0.6) is 0 Å². The molecule has 0 aliphatic rings. The lowest BCUT2D eigenvalue weighted by Crippen LogP contribution is -2.39. The molecule has 0 saturated carbocycles. The van der Waals surface area contributed by atoms with Gasteiger partial charge in [-0.3, -0.25) is 14.5 Å². The van der Waals surface area contributed by atoms with Gasteiger partial charge in [-0.25, -0.2) is 0 Å². The highest BCUT2D eigenvalue weighted by molar-refractivity contribution is 5.78. The van der Waals surface area contributed by atoms with Gasteiger partial charge < -0.3 is 4.90 Å². The summed E-state index contributed by atoms with van der Waals surface area (Å²) in [6.07, 6.45) is 2.08. The molecule has 0 aromatic rings. The number of carbonyl (C=O) groups excluding carboxylic acids is 2. The minimum atomic E-state index is 0.166. The first kappa shape index (κ1) is 16.1. The summed E-state index contributed by atoms with van der Waals surface area (Å²) in [6, 6.07) is 0. The molecular formula is C13H26N2O2. The molecule has 0 aromatic heterocycles. The zero-order chi connectivity index (χ0) is 13.3. The zero-order valence-corrected chi connectivity index (χ0v) is 11.7.